The third kappa shape index (κ3) is 1.77. The van der Waals surface area contributed by atoms with Gasteiger partial charge in [0.1, 0.15) is 0 Å². The minimum absolute atomic E-state index is 0.260. The molecular weight excluding hydrogens is 162 g/mol. The van der Waals surface area contributed by atoms with Gasteiger partial charge in [-0.3, -0.25) is 4.79 Å². The smallest absolute Gasteiger partial charge is 0.223 e. The fraction of sp³-hybridized carbons (Fsp3) is 0.727. The van der Waals surface area contributed by atoms with Gasteiger partial charge in [0.05, 0.1) is 0 Å². The van der Waals surface area contributed by atoms with Gasteiger partial charge in [-0.2, -0.15) is 0 Å². The summed E-state index contributed by atoms with van der Waals surface area (Å²) in [6.07, 6.45) is 7.58. The first-order valence-corrected chi connectivity index (χ1v) is 5.22. The highest BCUT2D eigenvalue weighted by molar-refractivity contribution is 5.79. The lowest BCUT2D eigenvalue weighted by molar-refractivity contribution is -0.125. The van der Waals surface area contributed by atoms with Crippen LogP contribution >= 0.6 is 0 Å². The van der Waals surface area contributed by atoms with E-state index < -0.39 is 0 Å². The summed E-state index contributed by atoms with van der Waals surface area (Å²) < 4.78 is 0. The Labute approximate surface area is 79.4 Å². The second kappa shape index (κ2) is 3.52. The molecule has 2 fully saturated rings. The molecule has 1 N–H and O–H groups in total. The Balaban J connectivity index is 2.16. The molecule has 0 aromatic carbocycles. The number of hydrogen-bond donors (Lipinski definition) is 1. The molecule has 0 aromatic rings. The average Bonchev–Trinajstić information content (AvgIpc) is 2.32. The highest BCUT2D eigenvalue weighted by atomic mass is 16.2. The number of allylic oxidation sites excluding steroid dienone is 1. The van der Waals surface area contributed by atoms with Crippen molar-refractivity contribution in [2.45, 2.75) is 38.1 Å². The van der Waals surface area contributed by atoms with Gasteiger partial charge in [0.15, 0.2) is 0 Å². The summed E-state index contributed by atoms with van der Waals surface area (Å²) in [7, 11) is 0. The zero-order valence-corrected chi connectivity index (χ0v) is 7.96. The van der Waals surface area contributed by atoms with Gasteiger partial charge in [-0.15, -0.1) is 6.58 Å². The van der Waals surface area contributed by atoms with Crippen molar-refractivity contribution >= 4 is 5.91 Å². The normalized spacial score (nSPS) is 39.1. The van der Waals surface area contributed by atoms with E-state index in [1.807, 2.05) is 6.08 Å². The Kier molecular flexibility index (Phi) is 2.38. The maximum Gasteiger partial charge on any atom is 0.223 e. The van der Waals surface area contributed by atoms with Gasteiger partial charge in [0, 0.05) is 12.0 Å². The molecule has 2 saturated heterocycles. The third-order valence-electron chi connectivity index (χ3n) is 3.33. The Morgan fingerprint density at radius 3 is 3.00 bits per heavy atom. The molecule has 72 valence electrons. The maximum absolute atomic E-state index is 11.6. The molecule has 0 aromatic heterocycles. The quantitative estimate of drug-likeness (QED) is 0.612. The van der Waals surface area contributed by atoms with Gasteiger partial charge in [-0.1, -0.05) is 12.5 Å². The molecule has 0 aliphatic carbocycles. The van der Waals surface area contributed by atoms with Crippen LogP contribution in [-0.4, -0.2) is 11.9 Å². The molecular formula is C11H17NO. The number of amides is 1. The molecule has 2 bridgehead atoms. The van der Waals surface area contributed by atoms with Crippen molar-refractivity contribution < 1.29 is 4.79 Å². The van der Waals surface area contributed by atoms with Gasteiger partial charge < -0.3 is 5.32 Å². The maximum atomic E-state index is 11.6. The van der Waals surface area contributed by atoms with Gasteiger partial charge in [0.2, 0.25) is 5.91 Å². The summed E-state index contributed by atoms with van der Waals surface area (Å²) in [6.45, 7) is 3.84. The largest absolute Gasteiger partial charge is 0.353 e. The SMILES string of the molecule is C=C[C@H]1C[C@@H]2CCC[C@H](C1)C(=O)N2. The molecule has 13 heavy (non-hydrogen) atoms. The minimum atomic E-state index is 0.260. The summed E-state index contributed by atoms with van der Waals surface area (Å²) in [5, 5.41) is 3.12. The number of carbonyl (C=O) groups is 1. The predicted octanol–water partition coefficient (Wildman–Crippen LogP) is 1.87. The van der Waals surface area contributed by atoms with E-state index in [1.54, 1.807) is 0 Å². The van der Waals surface area contributed by atoms with Gasteiger partial charge in [-0.25, -0.2) is 0 Å². The molecule has 0 spiro atoms. The van der Waals surface area contributed by atoms with Crippen LogP contribution < -0.4 is 5.32 Å². The Morgan fingerprint density at radius 1 is 1.38 bits per heavy atom. The van der Waals surface area contributed by atoms with Crippen LogP contribution in [0.4, 0.5) is 0 Å². The van der Waals surface area contributed by atoms with Gasteiger partial charge in [0.25, 0.3) is 0 Å². The topological polar surface area (TPSA) is 29.1 Å². The van der Waals surface area contributed by atoms with Crippen LogP contribution in [0.1, 0.15) is 32.1 Å². The van der Waals surface area contributed by atoms with Crippen LogP contribution in [0.15, 0.2) is 12.7 Å². The highest BCUT2D eigenvalue weighted by Gasteiger charge is 2.32. The minimum Gasteiger partial charge on any atom is -0.353 e. The summed E-state index contributed by atoms with van der Waals surface area (Å²) in [5.41, 5.74) is 0. The Hall–Kier alpha value is -0.790. The summed E-state index contributed by atoms with van der Waals surface area (Å²) >= 11 is 0. The van der Waals surface area contributed by atoms with Crippen molar-refractivity contribution in [1.29, 1.82) is 0 Å². The van der Waals surface area contributed by atoms with Crippen molar-refractivity contribution in [3.63, 3.8) is 0 Å². The molecule has 0 radical (unpaired) electrons. The van der Waals surface area contributed by atoms with E-state index in [4.69, 9.17) is 0 Å². The van der Waals surface area contributed by atoms with Crippen LogP contribution in [0.3, 0.4) is 0 Å². The van der Waals surface area contributed by atoms with Crippen molar-refractivity contribution in [3.05, 3.63) is 12.7 Å². The second-order valence-corrected chi connectivity index (χ2v) is 4.30. The molecule has 2 nitrogen and oxygen atoms in total. The molecule has 3 atom stereocenters. The van der Waals surface area contributed by atoms with E-state index in [2.05, 4.69) is 11.9 Å². The van der Waals surface area contributed by atoms with E-state index >= 15 is 0 Å². The van der Waals surface area contributed by atoms with Crippen LogP contribution in [0.5, 0.6) is 0 Å². The summed E-state index contributed by atoms with van der Waals surface area (Å²) in [5.74, 6) is 1.09. The molecule has 2 rings (SSSR count). The second-order valence-electron chi connectivity index (χ2n) is 4.30. The first kappa shape index (κ1) is 8.79. The number of fused-ring (bicyclic) bond motifs is 3. The van der Waals surface area contributed by atoms with E-state index in [9.17, 15) is 4.79 Å². The lowest BCUT2D eigenvalue weighted by Crippen LogP contribution is -2.33. The summed E-state index contributed by atoms with van der Waals surface area (Å²) in [6, 6.07) is 0.419. The van der Waals surface area contributed by atoms with Crippen molar-refractivity contribution in [2.75, 3.05) is 0 Å². The Morgan fingerprint density at radius 2 is 2.23 bits per heavy atom. The summed E-state index contributed by atoms with van der Waals surface area (Å²) in [4.78, 5) is 11.6. The first-order valence-electron chi connectivity index (χ1n) is 5.22. The number of carbonyl (C=O) groups excluding carboxylic acids is 1. The van der Waals surface area contributed by atoms with Crippen molar-refractivity contribution in [1.82, 2.24) is 5.32 Å². The number of rotatable bonds is 1. The van der Waals surface area contributed by atoms with E-state index in [0.29, 0.717) is 12.0 Å². The predicted molar refractivity (Wildman–Crippen MR) is 52.2 cm³/mol. The molecule has 2 heterocycles. The average molecular weight is 179 g/mol. The monoisotopic (exact) mass is 179 g/mol. The molecule has 2 heteroatoms. The first-order chi connectivity index (χ1) is 6.29. The highest BCUT2D eigenvalue weighted by Crippen LogP contribution is 2.31. The molecule has 1 amide bonds. The fourth-order valence-corrected chi connectivity index (χ4v) is 2.55. The standard InChI is InChI=1S/C11H17NO/c1-2-8-6-9-4-3-5-10(7-8)12-11(9)13/h2,8-10H,1,3-7H2,(H,12,13)/t8-,9-,10+/m1/s1. The van der Waals surface area contributed by atoms with Crippen LogP contribution in [-0.2, 0) is 4.79 Å². The van der Waals surface area contributed by atoms with Crippen LogP contribution in [0, 0.1) is 11.8 Å². The third-order valence-corrected chi connectivity index (χ3v) is 3.33. The molecule has 0 unspecified atom stereocenters. The fourth-order valence-electron chi connectivity index (χ4n) is 2.55. The van der Waals surface area contributed by atoms with Gasteiger partial charge >= 0.3 is 0 Å². The number of hydrogen-bond acceptors (Lipinski definition) is 1. The Bertz CT molecular complexity index is 224. The van der Waals surface area contributed by atoms with Crippen LogP contribution in [0.2, 0.25) is 0 Å². The number of nitrogens with one attached hydrogen (secondary N) is 1. The molecule has 2 aliphatic rings. The zero-order valence-electron chi connectivity index (χ0n) is 7.96. The molecule has 0 saturated carbocycles. The molecule has 2 aliphatic heterocycles. The van der Waals surface area contributed by atoms with E-state index in [1.165, 1.54) is 6.42 Å². The zero-order chi connectivity index (χ0) is 9.26. The van der Waals surface area contributed by atoms with E-state index in [0.717, 1.165) is 25.7 Å². The van der Waals surface area contributed by atoms with Crippen molar-refractivity contribution in [2.24, 2.45) is 11.8 Å². The lowest BCUT2D eigenvalue weighted by Gasteiger charge is -2.19. The van der Waals surface area contributed by atoms with Crippen molar-refractivity contribution in [3.8, 4) is 0 Å². The van der Waals surface area contributed by atoms with Gasteiger partial charge in [-0.05, 0) is 31.6 Å². The van der Waals surface area contributed by atoms with Crippen LogP contribution in [0.25, 0.3) is 0 Å². The van der Waals surface area contributed by atoms with E-state index in [-0.39, 0.29) is 11.8 Å². The lowest BCUT2D eigenvalue weighted by atomic mass is 9.85.